The normalized spacial score (nSPS) is 10.7. The SMILES string of the molecule is CCc1ccc(OCc2nnc(SCC(=O)Nc3cc(Cl)ccc3OC)n2CC)cc1. The second-order valence-electron chi connectivity index (χ2n) is 6.61. The largest absolute Gasteiger partial charge is 0.495 e. The number of nitrogens with one attached hydrogen (secondary N) is 1. The number of halogens is 1. The summed E-state index contributed by atoms with van der Waals surface area (Å²) in [5.74, 6) is 2.02. The number of aromatic nitrogens is 3. The molecule has 0 saturated heterocycles. The van der Waals surface area contributed by atoms with Gasteiger partial charge in [0.1, 0.15) is 18.1 Å². The van der Waals surface area contributed by atoms with Crippen molar-refractivity contribution in [3.63, 3.8) is 0 Å². The maximum atomic E-state index is 12.4. The number of methoxy groups -OCH3 is 1. The Morgan fingerprint density at radius 3 is 2.61 bits per heavy atom. The topological polar surface area (TPSA) is 78.3 Å². The van der Waals surface area contributed by atoms with Crippen molar-refractivity contribution < 1.29 is 14.3 Å². The van der Waals surface area contributed by atoms with Gasteiger partial charge in [-0.3, -0.25) is 4.79 Å². The van der Waals surface area contributed by atoms with E-state index >= 15 is 0 Å². The molecule has 1 aromatic heterocycles. The number of hydrogen-bond donors (Lipinski definition) is 1. The standard InChI is InChI=1S/C22H25ClN4O3S/c1-4-15-6-9-17(10-7-15)30-13-20-25-26-22(27(20)5-2)31-14-21(28)24-18-12-16(23)8-11-19(18)29-3/h6-12H,4-5,13-14H2,1-3H3,(H,24,28). The number of rotatable bonds is 10. The van der Waals surface area contributed by atoms with Gasteiger partial charge in [0.05, 0.1) is 18.6 Å². The molecule has 0 aliphatic heterocycles. The first-order chi connectivity index (χ1) is 15.0. The van der Waals surface area contributed by atoms with E-state index in [4.69, 9.17) is 21.1 Å². The van der Waals surface area contributed by atoms with Crippen LogP contribution in [0.4, 0.5) is 5.69 Å². The summed E-state index contributed by atoms with van der Waals surface area (Å²) in [5.41, 5.74) is 1.79. The third-order valence-corrected chi connectivity index (χ3v) is 5.78. The van der Waals surface area contributed by atoms with E-state index < -0.39 is 0 Å². The quantitative estimate of drug-likeness (QED) is 0.436. The number of amides is 1. The van der Waals surface area contributed by atoms with Crippen molar-refractivity contribution in [1.29, 1.82) is 0 Å². The molecule has 1 N–H and O–H groups in total. The number of thioether (sulfide) groups is 1. The molecule has 9 heteroatoms. The van der Waals surface area contributed by atoms with Crippen molar-refractivity contribution in [2.75, 3.05) is 18.2 Å². The Kier molecular flexibility index (Phi) is 8.20. The molecule has 0 radical (unpaired) electrons. The van der Waals surface area contributed by atoms with Gasteiger partial charge < -0.3 is 19.4 Å². The minimum Gasteiger partial charge on any atom is -0.495 e. The van der Waals surface area contributed by atoms with Crippen molar-refractivity contribution in [2.24, 2.45) is 0 Å². The third-order valence-electron chi connectivity index (χ3n) is 4.58. The van der Waals surface area contributed by atoms with Crippen molar-refractivity contribution in [3.8, 4) is 11.5 Å². The van der Waals surface area contributed by atoms with Gasteiger partial charge in [-0.2, -0.15) is 0 Å². The van der Waals surface area contributed by atoms with Crippen LogP contribution >= 0.6 is 23.4 Å². The van der Waals surface area contributed by atoms with Crippen molar-refractivity contribution in [3.05, 3.63) is 58.9 Å². The Balaban J connectivity index is 1.58. The zero-order chi connectivity index (χ0) is 22.2. The molecule has 0 unspecified atom stereocenters. The lowest BCUT2D eigenvalue weighted by atomic mass is 10.2. The highest BCUT2D eigenvalue weighted by Crippen LogP contribution is 2.28. The molecule has 0 aliphatic rings. The van der Waals surface area contributed by atoms with Crippen molar-refractivity contribution >= 4 is 35.0 Å². The molecule has 31 heavy (non-hydrogen) atoms. The van der Waals surface area contributed by atoms with Gasteiger partial charge in [-0.1, -0.05) is 42.4 Å². The van der Waals surface area contributed by atoms with Gasteiger partial charge in [-0.15, -0.1) is 10.2 Å². The van der Waals surface area contributed by atoms with Crippen LogP contribution in [-0.2, 0) is 24.4 Å². The molecule has 3 aromatic rings. The molecular weight excluding hydrogens is 436 g/mol. The van der Waals surface area contributed by atoms with E-state index in [1.807, 2.05) is 23.6 Å². The van der Waals surface area contributed by atoms with Gasteiger partial charge in [-0.05, 0) is 49.2 Å². The number of carbonyl (C=O) groups excluding carboxylic acids is 1. The molecule has 0 spiro atoms. The number of aryl methyl sites for hydroxylation is 1. The fourth-order valence-corrected chi connectivity index (χ4v) is 3.91. The molecule has 2 aromatic carbocycles. The first kappa shape index (κ1) is 23.0. The van der Waals surface area contributed by atoms with Crippen LogP contribution in [0.25, 0.3) is 0 Å². The number of anilines is 1. The van der Waals surface area contributed by atoms with Crippen molar-refractivity contribution in [1.82, 2.24) is 14.8 Å². The van der Waals surface area contributed by atoms with Crippen LogP contribution < -0.4 is 14.8 Å². The van der Waals surface area contributed by atoms with Crippen LogP contribution in [0.5, 0.6) is 11.5 Å². The van der Waals surface area contributed by atoms with E-state index in [1.165, 1.54) is 17.3 Å². The fourth-order valence-electron chi connectivity index (χ4n) is 2.91. The second-order valence-corrected chi connectivity index (χ2v) is 7.99. The van der Waals surface area contributed by atoms with E-state index in [0.29, 0.717) is 40.6 Å². The van der Waals surface area contributed by atoms with Crippen LogP contribution in [0.2, 0.25) is 5.02 Å². The van der Waals surface area contributed by atoms with E-state index in [-0.39, 0.29) is 11.7 Å². The molecule has 1 heterocycles. The van der Waals surface area contributed by atoms with Crippen LogP contribution in [0, 0.1) is 0 Å². The Labute approximate surface area is 191 Å². The maximum Gasteiger partial charge on any atom is 0.234 e. The molecule has 0 aliphatic carbocycles. The van der Waals surface area contributed by atoms with Crippen LogP contribution in [-0.4, -0.2) is 33.5 Å². The van der Waals surface area contributed by atoms with Crippen LogP contribution in [0.3, 0.4) is 0 Å². The summed E-state index contributed by atoms with van der Waals surface area (Å²) in [7, 11) is 1.54. The molecule has 1 amide bonds. The summed E-state index contributed by atoms with van der Waals surface area (Å²) in [4.78, 5) is 12.4. The first-order valence-electron chi connectivity index (χ1n) is 9.94. The van der Waals surface area contributed by atoms with Crippen LogP contribution in [0.15, 0.2) is 47.6 Å². The Bertz CT molecular complexity index is 1020. The zero-order valence-corrected chi connectivity index (χ0v) is 19.3. The molecule has 0 atom stereocenters. The van der Waals surface area contributed by atoms with Gasteiger partial charge in [0.2, 0.25) is 5.91 Å². The maximum absolute atomic E-state index is 12.4. The number of carbonyl (C=O) groups is 1. The lowest BCUT2D eigenvalue weighted by Crippen LogP contribution is -2.15. The molecule has 0 fully saturated rings. The van der Waals surface area contributed by atoms with E-state index in [1.54, 1.807) is 25.3 Å². The Morgan fingerprint density at radius 2 is 1.94 bits per heavy atom. The predicted octanol–water partition coefficient (Wildman–Crippen LogP) is 4.83. The lowest BCUT2D eigenvalue weighted by molar-refractivity contribution is -0.113. The van der Waals surface area contributed by atoms with Crippen LogP contribution in [0.1, 0.15) is 25.2 Å². The Hall–Kier alpha value is -2.71. The number of nitrogens with zero attached hydrogens (tertiary/aromatic N) is 3. The smallest absolute Gasteiger partial charge is 0.234 e. The molecular formula is C22H25ClN4O3S. The van der Waals surface area contributed by atoms with Gasteiger partial charge in [0.25, 0.3) is 0 Å². The number of ether oxygens (including phenoxy) is 2. The molecule has 3 rings (SSSR count). The number of benzene rings is 2. The van der Waals surface area contributed by atoms with Gasteiger partial charge in [-0.25, -0.2) is 0 Å². The average molecular weight is 461 g/mol. The monoisotopic (exact) mass is 460 g/mol. The Morgan fingerprint density at radius 1 is 1.16 bits per heavy atom. The van der Waals surface area contributed by atoms with E-state index in [0.717, 1.165) is 12.2 Å². The first-order valence-corrected chi connectivity index (χ1v) is 11.3. The van der Waals surface area contributed by atoms with Gasteiger partial charge >= 0.3 is 0 Å². The lowest BCUT2D eigenvalue weighted by Gasteiger charge is -2.11. The van der Waals surface area contributed by atoms with E-state index in [9.17, 15) is 4.79 Å². The minimum atomic E-state index is -0.190. The third kappa shape index (κ3) is 6.15. The molecule has 0 bridgehead atoms. The second kappa shape index (κ2) is 11.1. The number of hydrogen-bond acceptors (Lipinski definition) is 6. The predicted molar refractivity (Wildman–Crippen MR) is 123 cm³/mol. The minimum absolute atomic E-state index is 0.174. The molecule has 0 saturated carbocycles. The highest BCUT2D eigenvalue weighted by Gasteiger charge is 2.15. The summed E-state index contributed by atoms with van der Waals surface area (Å²) < 4.78 is 13.1. The summed E-state index contributed by atoms with van der Waals surface area (Å²) in [6, 6.07) is 13.1. The summed E-state index contributed by atoms with van der Waals surface area (Å²) in [5, 5.41) is 12.5. The summed E-state index contributed by atoms with van der Waals surface area (Å²) >= 11 is 7.33. The average Bonchev–Trinajstić information content (AvgIpc) is 3.18. The summed E-state index contributed by atoms with van der Waals surface area (Å²) in [6.07, 6.45) is 0.989. The van der Waals surface area contributed by atoms with E-state index in [2.05, 4.69) is 34.6 Å². The highest BCUT2D eigenvalue weighted by molar-refractivity contribution is 7.99. The fraction of sp³-hybridized carbons (Fsp3) is 0.318. The molecule has 164 valence electrons. The summed E-state index contributed by atoms with van der Waals surface area (Å²) in [6.45, 7) is 5.10. The van der Waals surface area contributed by atoms with Gasteiger partial charge in [0.15, 0.2) is 11.0 Å². The van der Waals surface area contributed by atoms with Gasteiger partial charge in [0, 0.05) is 11.6 Å². The van der Waals surface area contributed by atoms with Crippen molar-refractivity contribution in [2.45, 2.75) is 38.6 Å². The zero-order valence-electron chi connectivity index (χ0n) is 17.7. The highest BCUT2D eigenvalue weighted by atomic mass is 35.5. The molecule has 7 nitrogen and oxygen atoms in total.